The van der Waals surface area contributed by atoms with Crippen LogP contribution in [0, 0.1) is 0 Å². The molecular weight excluding hydrogens is 262 g/mol. The van der Waals surface area contributed by atoms with E-state index in [0.29, 0.717) is 0 Å². The Morgan fingerprint density at radius 3 is 2.48 bits per heavy atom. The molecule has 3 rings (SSSR count). The lowest BCUT2D eigenvalue weighted by Crippen LogP contribution is -2.43. The summed E-state index contributed by atoms with van der Waals surface area (Å²) in [5, 5.41) is 6.30. The summed E-state index contributed by atoms with van der Waals surface area (Å²) >= 11 is 0. The van der Waals surface area contributed by atoms with Crippen molar-refractivity contribution in [2.75, 3.05) is 29.9 Å². The van der Waals surface area contributed by atoms with E-state index in [1.54, 1.807) is 0 Å². The zero-order valence-electron chi connectivity index (χ0n) is 12.6. The van der Waals surface area contributed by atoms with E-state index in [-0.39, 0.29) is 11.9 Å². The molecular formula is C17H25N3O. The standard InChI is InChI=1S/C17H25N3O/c21-17(16-6-2-3-11-18-16)19-14-7-9-15(10-8-14)20-12-4-1-5-13-20/h7-10,16,18H,1-6,11-13H2,(H,19,21). The lowest BCUT2D eigenvalue weighted by atomic mass is 10.0. The van der Waals surface area contributed by atoms with Crippen molar-refractivity contribution in [1.29, 1.82) is 0 Å². The minimum atomic E-state index is -0.0273. The van der Waals surface area contributed by atoms with Crippen molar-refractivity contribution in [3.8, 4) is 0 Å². The van der Waals surface area contributed by atoms with E-state index in [2.05, 4.69) is 27.7 Å². The van der Waals surface area contributed by atoms with E-state index in [0.717, 1.165) is 38.2 Å². The van der Waals surface area contributed by atoms with Gasteiger partial charge in [0, 0.05) is 24.5 Å². The minimum absolute atomic E-state index is 0.0273. The summed E-state index contributed by atoms with van der Waals surface area (Å²) in [6.07, 6.45) is 7.17. The third-order valence-electron chi connectivity index (χ3n) is 4.48. The van der Waals surface area contributed by atoms with Gasteiger partial charge < -0.3 is 15.5 Å². The number of hydrogen-bond acceptors (Lipinski definition) is 3. The van der Waals surface area contributed by atoms with Crippen LogP contribution < -0.4 is 15.5 Å². The molecule has 0 aliphatic carbocycles. The largest absolute Gasteiger partial charge is 0.372 e. The molecule has 2 heterocycles. The smallest absolute Gasteiger partial charge is 0.241 e. The van der Waals surface area contributed by atoms with E-state index < -0.39 is 0 Å². The summed E-state index contributed by atoms with van der Waals surface area (Å²) < 4.78 is 0. The van der Waals surface area contributed by atoms with Crippen LogP contribution in [0.25, 0.3) is 0 Å². The van der Waals surface area contributed by atoms with Gasteiger partial charge in [-0.2, -0.15) is 0 Å². The average molecular weight is 287 g/mol. The third-order valence-corrected chi connectivity index (χ3v) is 4.48. The molecule has 0 spiro atoms. The van der Waals surface area contributed by atoms with Crippen LogP contribution >= 0.6 is 0 Å². The highest BCUT2D eigenvalue weighted by Gasteiger charge is 2.20. The Morgan fingerprint density at radius 1 is 1.05 bits per heavy atom. The van der Waals surface area contributed by atoms with Gasteiger partial charge in [-0.25, -0.2) is 0 Å². The fraction of sp³-hybridized carbons (Fsp3) is 0.588. The van der Waals surface area contributed by atoms with Gasteiger partial charge in [-0.3, -0.25) is 4.79 Å². The van der Waals surface area contributed by atoms with Gasteiger partial charge in [-0.1, -0.05) is 6.42 Å². The number of hydrogen-bond donors (Lipinski definition) is 2. The zero-order chi connectivity index (χ0) is 14.5. The Bertz CT molecular complexity index is 459. The molecule has 21 heavy (non-hydrogen) atoms. The maximum Gasteiger partial charge on any atom is 0.241 e. The van der Waals surface area contributed by atoms with Gasteiger partial charge in [0.05, 0.1) is 6.04 Å². The highest BCUT2D eigenvalue weighted by atomic mass is 16.2. The Labute approximate surface area is 126 Å². The fourth-order valence-electron chi connectivity index (χ4n) is 3.21. The van der Waals surface area contributed by atoms with Crippen molar-refractivity contribution in [2.24, 2.45) is 0 Å². The van der Waals surface area contributed by atoms with Crippen LogP contribution in [-0.2, 0) is 4.79 Å². The van der Waals surface area contributed by atoms with Crippen molar-refractivity contribution in [3.63, 3.8) is 0 Å². The van der Waals surface area contributed by atoms with Crippen LogP contribution in [0.4, 0.5) is 11.4 Å². The van der Waals surface area contributed by atoms with E-state index in [4.69, 9.17) is 0 Å². The number of anilines is 2. The summed E-state index contributed by atoms with van der Waals surface area (Å²) in [4.78, 5) is 14.6. The molecule has 0 bridgehead atoms. The normalized spacial score (nSPS) is 22.9. The number of nitrogens with one attached hydrogen (secondary N) is 2. The number of carbonyl (C=O) groups excluding carboxylic acids is 1. The summed E-state index contributed by atoms with van der Waals surface area (Å²) in [6.45, 7) is 3.25. The predicted octanol–water partition coefficient (Wildman–Crippen LogP) is 2.76. The number of amides is 1. The van der Waals surface area contributed by atoms with Crippen molar-refractivity contribution in [2.45, 2.75) is 44.6 Å². The molecule has 1 atom stereocenters. The van der Waals surface area contributed by atoms with E-state index >= 15 is 0 Å². The molecule has 0 radical (unpaired) electrons. The molecule has 1 amide bonds. The first kappa shape index (κ1) is 14.4. The van der Waals surface area contributed by atoms with Crippen molar-refractivity contribution in [1.82, 2.24) is 5.32 Å². The SMILES string of the molecule is O=C(Nc1ccc(N2CCCCC2)cc1)C1CCCCN1. The summed E-state index contributed by atoms with van der Waals surface area (Å²) in [5.41, 5.74) is 2.16. The van der Waals surface area contributed by atoms with Crippen molar-refractivity contribution >= 4 is 17.3 Å². The second-order valence-electron chi connectivity index (χ2n) is 6.09. The molecule has 1 aromatic rings. The zero-order valence-corrected chi connectivity index (χ0v) is 12.6. The van der Waals surface area contributed by atoms with Crippen LogP contribution in [0.15, 0.2) is 24.3 Å². The Balaban J connectivity index is 1.57. The van der Waals surface area contributed by atoms with E-state index in [1.165, 1.54) is 31.4 Å². The molecule has 4 nitrogen and oxygen atoms in total. The van der Waals surface area contributed by atoms with Gasteiger partial charge >= 0.3 is 0 Å². The molecule has 0 saturated carbocycles. The predicted molar refractivity (Wildman–Crippen MR) is 86.8 cm³/mol. The van der Waals surface area contributed by atoms with Crippen LogP contribution in [-0.4, -0.2) is 31.6 Å². The highest BCUT2D eigenvalue weighted by molar-refractivity contribution is 5.95. The van der Waals surface area contributed by atoms with Gasteiger partial charge in [0.1, 0.15) is 0 Å². The van der Waals surface area contributed by atoms with Gasteiger partial charge in [0.15, 0.2) is 0 Å². The maximum absolute atomic E-state index is 12.2. The minimum Gasteiger partial charge on any atom is -0.372 e. The number of benzene rings is 1. The first-order chi connectivity index (χ1) is 10.3. The van der Waals surface area contributed by atoms with Crippen LogP contribution in [0.5, 0.6) is 0 Å². The van der Waals surface area contributed by atoms with Gasteiger partial charge in [0.2, 0.25) is 5.91 Å². The molecule has 4 heteroatoms. The van der Waals surface area contributed by atoms with Gasteiger partial charge in [0.25, 0.3) is 0 Å². The quantitative estimate of drug-likeness (QED) is 0.898. The van der Waals surface area contributed by atoms with Crippen LogP contribution in [0.3, 0.4) is 0 Å². The second kappa shape index (κ2) is 6.94. The second-order valence-corrected chi connectivity index (χ2v) is 6.09. The van der Waals surface area contributed by atoms with E-state index in [1.807, 2.05) is 12.1 Å². The van der Waals surface area contributed by atoms with Crippen LogP contribution in [0.2, 0.25) is 0 Å². The lowest BCUT2D eigenvalue weighted by molar-refractivity contribution is -0.118. The van der Waals surface area contributed by atoms with Crippen molar-refractivity contribution < 1.29 is 4.79 Å². The molecule has 1 aromatic carbocycles. The van der Waals surface area contributed by atoms with Crippen LogP contribution in [0.1, 0.15) is 38.5 Å². The summed E-state index contributed by atoms with van der Waals surface area (Å²) in [6, 6.07) is 8.25. The van der Waals surface area contributed by atoms with Gasteiger partial charge in [-0.15, -0.1) is 0 Å². The molecule has 2 aliphatic rings. The third kappa shape index (κ3) is 3.76. The molecule has 0 aromatic heterocycles. The molecule has 2 N–H and O–H groups in total. The highest BCUT2D eigenvalue weighted by Crippen LogP contribution is 2.22. The van der Waals surface area contributed by atoms with Gasteiger partial charge in [-0.05, 0) is 62.9 Å². The first-order valence-electron chi connectivity index (χ1n) is 8.22. The lowest BCUT2D eigenvalue weighted by Gasteiger charge is -2.29. The first-order valence-corrected chi connectivity index (χ1v) is 8.22. The summed E-state index contributed by atoms with van der Waals surface area (Å²) in [7, 11) is 0. The Morgan fingerprint density at radius 2 is 1.81 bits per heavy atom. The fourth-order valence-corrected chi connectivity index (χ4v) is 3.21. The Hall–Kier alpha value is -1.55. The van der Waals surface area contributed by atoms with Crippen molar-refractivity contribution in [3.05, 3.63) is 24.3 Å². The molecule has 2 aliphatic heterocycles. The maximum atomic E-state index is 12.2. The molecule has 2 saturated heterocycles. The molecule has 114 valence electrons. The topological polar surface area (TPSA) is 44.4 Å². The monoisotopic (exact) mass is 287 g/mol. The molecule has 2 fully saturated rings. The number of piperidine rings is 2. The van der Waals surface area contributed by atoms with E-state index in [9.17, 15) is 4.79 Å². The summed E-state index contributed by atoms with van der Waals surface area (Å²) in [5.74, 6) is 0.0976. The number of nitrogens with zero attached hydrogens (tertiary/aromatic N) is 1. The number of carbonyl (C=O) groups is 1. The molecule has 1 unspecified atom stereocenters. The Kier molecular flexibility index (Phi) is 4.76. The number of rotatable bonds is 3. The average Bonchev–Trinajstić information content (AvgIpc) is 2.57.